The van der Waals surface area contributed by atoms with Crippen LogP contribution in [0.3, 0.4) is 0 Å². The average Bonchev–Trinajstić information content (AvgIpc) is 2.84. The number of nitrogens with zero attached hydrogens (tertiary/aromatic N) is 1. The molecular formula is C16H22N2. The first-order chi connectivity index (χ1) is 8.84. The van der Waals surface area contributed by atoms with Crippen LogP contribution in [0.15, 0.2) is 24.3 Å². The maximum Gasteiger partial charge on any atom is 0.0992 e. The van der Waals surface area contributed by atoms with E-state index in [2.05, 4.69) is 29.2 Å². The second-order valence-corrected chi connectivity index (χ2v) is 5.66. The van der Waals surface area contributed by atoms with Crippen LogP contribution in [-0.4, -0.2) is 17.3 Å². The number of rotatable bonds is 1. The van der Waals surface area contributed by atoms with Crippen LogP contribution < -0.4 is 0 Å². The van der Waals surface area contributed by atoms with Crippen molar-refractivity contribution in [2.45, 2.75) is 45.1 Å². The Morgan fingerprint density at radius 3 is 2.56 bits per heavy atom. The first-order valence-corrected chi connectivity index (χ1v) is 7.25. The Kier molecular flexibility index (Phi) is 3.35. The van der Waals surface area contributed by atoms with E-state index >= 15 is 0 Å². The molecule has 1 N–H and O–H groups in total. The summed E-state index contributed by atoms with van der Waals surface area (Å²) in [7, 11) is 0. The molecule has 18 heavy (non-hydrogen) atoms. The lowest BCUT2D eigenvalue weighted by molar-refractivity contribution is 0.387. The molecule has 1 aromatic rings. The minimum absolute atomic E-state index is 0.537. The van der Waals surface area contributed by atoms with Crippen LogP contribution >= 0.6 is 0 Å². The zero-order valence-corrected chi connectivity index (χ0v) is 11.0. The van der Waals surface area contributed by atoms with E-state index in [9.17, 15) is 0 Å². The van der Waals surface area contributed by atoms with Crippen LogP contribution in [0.1, 0.15) is 43.2 Å². The normalized spacial score (nSPS) is 20.6. The van der Waals surface area contributed by atoms with E-state index < -0.39 is 0 Å². The van der Waals surface area contributed by atoms with Gasteiger partial charge in [0.15, 0.2) is 0 Å². The van der Waals surface area contributed by atoms with Crippen molar-refractivity contribution in [3.8, 4) is 0 Å². The molecule has 0 radical (unpaired) electrons. The van der Waals surface area contributed by atoms with Gasteiger partial charge in [0.25, 0.3) is 0 Å². The Labute approximate surface area is 110 Å². The van der Waals surface area contributed by atoms with Crippen molar-refractivity contribution in [1.29, 1.82) is 5.41 Å². The molecular weight excluding hydrogens is 220 g/mol. The first kappa shape index (κ1) is 11.8. The molecule has 1 fully saturated rings. The van der Waals surface area contributed by atoms with E-state index in [1.165, 1.54) is 49.7 Å². The van der Waals surface area contributed by atoms with Crippen molar-refractivity contribution >= 4 is 5.84 Å². The van der Waals surface area contributed by atoms with Gasteiger partial charge >= 0.3 is 0 Å². The summed E-state index contributed by atoms with van der Waals surface area (Å²) in [6.07, 6.45) is 7.46. The fraction of sp³-hybridized carbons (Fsp3) is 0.562. The Bertz CT molecular complexity index is 432. The summed E-state index contributed by atoms with van der Waals surface area (Å²) in [5.41, 5.74) is 2.91. The summed E-state index contributed by atoms with van der Waals surface area (Å²) in [5.74, 6) is 1.44. The van der Waals surface area contributed by atoms with Gasteiger partial charge in [-0.3, -0.25) is 5.41 Å². The molecule has 3 rings (SSSR count). The second kappa shape index (κ2) is 5.13. The minimum atomic E-state index is 0.537. The lowest BCUT2D eigenvalue weighted by atomic mass is 10.0. The summed E-state index contributed by atoms with van der Waals surface area (Å²) in [6, 6.07) is 8.74. The number of fused-ring (bicyclic) bond motifs is 1. The van der Waals surface area contributed by atoms with E-state index in [4.69, 9.17) is 5.41 Å². The monoisotopic (exact) mass is 242 g/mol. The highest BCUT2D eigenvalue weighted by Crippen LogP contribution is 2.28. The van der Waals surface area contributed by atoms with E-state index in [0.29, 0.717) is 5.92 Å². The van der Waals surface area contributed by atoms with Gasteiger partial charge in [0.05, 0.1) is 5.84 Å². The molecule has 0 spiro atoms. The summed E-state index contributed by atoms with van der Waals surface area (Å²) < 4.78 is 0. The summed E-state index contributed by atoms with van der Waals surface area (Å²) in [5, 5.41) is 8.44. The Morgan fingerprint density at radius 2 is 1.78 bits per heavy atom. The number of benzene rings is 1. The Balaban J connectivity index is 1.76. The number of amidine groups is 1. The first-order valence-electron chi connectivity index (χ1n) is 7.25. The maximum absolute atomic E-state index is 8.44. The third kappa shape index (κ3) is 2.29. The zero-order chi connectivity index (χ0) is 12.4. The molecule has 0 aromatic heterocycles. The summed E-state index contributed by atoms with van der Waals surface area (Å²) in [4.78, 5) is 2.32. The van der Waals surface area contributed by atoms with Crippen molar-refractivity contribution in [2.75, 3.05) is 6.54 Å². The number of hydrogen-bond acceptors (Lipinski definition) is 1. The van der Waals surface area contributed by atoms with E-state index in [1.807, 2.05) is 0 Å². The fourth-order valence-corrected chi connectivity index (χ4v) is 3.36. The Morgan fingerprint density at radius 1 is 1.06 bits per heavy atom. The van der Waals surface area contributed by atoms with Crippen LogP contribution in [-0.2, 0) is 13.0 Å². The maximum atomic E-state index is 8.44. The number of aryl methyl sites for hydroxylation is 1. The highest BCUT2D eigenvalue weighted by atomic mass is 15.2. The lowest BCUT2D eigenvalue weighted by Crippen LogP contribution is -2.34. The second-order valence-electron chi connectivity index (χ2n) is 5.66. The molecule has 1 aliphatic heterocycles. The van der Waals surface area contributed by atoms with Gasteiger partial charge in [0.1, 0.15) is 0 Å². The van der Waals surface area contributed by atoms with E-state index in [0.717, 1.165) is 18.9 Å². The van der Waals surface area contributed by atoms with Crippen LogP contribution in [0.5, 0.6) is 0 Å². The Hall–Kier alpha value is -1.31. The predicted octanol–water partition coefficient (Wildman–Crippen LogP) is 3.60. The molecule has 0 bridgehead atoms. The summed E-state index contributed by atoms with van der Waals surface area (Å²) in [6.45, 7) is 2.01. The SMILES string of the molecule is N=C(C1CCCC1)N1CCCc2ccccc2C1. The van der Waals surface area contributed by atoms with E-state index in [1.54, 1.807) is 0 Å². The molecule has 0 saturated heterocycles. The molecule has 1 heterocycles. The molecule has 1 aliphatic carbocycles. The molecule has 2 heteroatoms. The molecule has 1 aromatic carbocycles. The standard InChI is InChI=1S/C16H22N2/c17-16(14-7-2-3-8-14)18-11-5-10-13-6-1-4-9-15(13)12-18/h1,4,6,9,14,17H,2-3,5,7-8,10-12H2. The number of nitrogens with one attached hydrogen (secondary N) is 1. The van der Waals surface area contributed by atoms with Gasteiger partial charge in [0.2, 0.25) is 0 Å². The highest BCUT2D eigenvalue weighted by Gasteiger charge is 2.25. The molecule has 2 nitrogen and oxygen atoms in total. The van der Waals surface area contributed by atoms with Crippen molar-refractivity contribution < 1.29 is 0 Å². The lowest BCUT2D eigenvalue weighted by Gasteiger charge is -2.27. The largest absolute Gasteiger partial charge is 0.356 e. The molecule has 0 amide bonds. The minimum Gasteiger partial charge on any atom is -0.356 e. The van der Waals surface area contributed by atoms with Gasteiger partial charge < -0.3 is 4.90 Å². The topological polar surface area (TPSA) is 27.1 Å². The van der Waals surface area contributed by atoms with Gasteiger partial charge in [0, 0.05) is 19.0 Å². The smallest absolute Gasteiger partial charge is 0.0992 e. The third-order valence-electron chi connectivity index (χ3n) is 4.44. The molecule has 2 aliphatic rings. The van der Waals surface area contributed by atoms with Crippen molar-refractivity contribution in [1.82, 2.24) is 4.90 Å². The van der Waals surface area contributed by atoms with E-state index in [-0.39, 0.29) is 0 Å². The van der Waals surface area contributed by atoms with Gasteiger partial charge in [-0.2, -0.15) is 0 Å². The highest BCUT2D eigenvalue weighted by molar-refractivity contribution is 5.82. The molecule has 96 valence electrons. The molecule has 1 saturated carbocycles. The van der Waals surface area contributed by atoms with Gasteiger partial charge in [-0.05, 0) is 36.8 Å². The number of hydrogen-bond donors (Lipinski definition) is 1. The average molecular weight is 242 g/mol. The quantitative estimate of drug-likeness (QED) is 0.591. The van der Waals surface area contributed by atoms with Gasteiger partial charge in [-0.15, -0.1) is 0 Å². The molecule has 0 atom stereocenters. The van der Waals surface area contributed by atoms with Crippen LogP contribution in [0.25, 0.3) is 0 Å². The summed E-state index contributed by atoms with van der Waals surface area (Å²) >= 11 is 0. The predicted molar refractivity (Wildman–Crippen MR) is 74.9 cm³/mol. The van der Waals surface area contributed by atoms with Crippen molar-refractivity contribution in [2.24, 2.45) is 5.92 Å². The fourth-order valence-electron chi connectivity index (χ4n) is 3.36. The van der Waals surface area contributed by atoms with Crippen LogP contribution in [0, 0.1) is 11.3 Å². The van der Waals surface area contributed by atoms with Crippen LogP contribution in [0.2, 0.25) is 0 Å². The van der Waals surface area contributed by atoms with Crippen molar-refractivity contribution in [3.63, 3.8) is 0 Å². The third-order valence-corrected chi connectivity index (χ3v) is 4.44. The van der Waals surface area contributed by atoms with Crippen LogP contribution in [0.4, 0.5) is 0 Å². The van der Waals surface area contributed by atoms with Gasteiger partial charge in [-0.25, -0.2) is 0 Å². The van der Waals surface area contributed by atoms with Crippen molar-refractivity contribution in [3.05, 3.63) is 35.4 Å². The molecule has 0 unspecified atom stereocenters. The zero-order valence-electron chi connectivity index (χ0n) is 11.0. The van der Waals surface area contributed by atoms with Gasteiger partial charge in [-0.1, -0.05) is 37.1 Å².